The molecule has 1 aromatic rings. The zero-order valence-corrected chi connectivity index (χ0v) is 14.4. The van der Waals surface area contributed by atoms with Gasteiger partial charge in [-0.1, -0.05) is 19.0 Å². The molecule has 1 aromatic heterocycles. The molecule has 7 heteroatoms. The number of carbonyl (C=O) groups excluding carboxylic acids is 2. The molecule has 3 rings (SSSR count). The van der Waals surface area contributed by atoms with E-state index in [0.29, 0.717) is 45.2 Å². The number of amides is 2. The second-order valence-electron chi connectivity index (χ2n) is 6.87. The quantitative estimate of drug-likeness (QED) is 0.830. The first-order valence-corrected chi connectivity index (χ1v) is 8.69. The third kappa shape index (κ3) is 3.61. The van der Waals surface area contributed by atoms with Gasteiger partial charge in [-0.25, -0.2) is 0 Å². The predicted octanol–water partition coefficient (Wildman–Crippen LogP) is 1.34. The van der Waals surface area contributed by atoms with Gasteiger partial charge in [0.25, 0.3) is 5.91 Å². The van der Waals surface area contributed by atoms with E-state index in [9.17, 15) is 9.59 Å². The molecule has 2 saturated heterocycles. The lowest BCUT2D eigenvalue weighted by atomic mass is 10.1. The zero-order valence-electron chi connectivity index (χ0n) is 14.4. The fraction of sp³-hybridized carbons (Fsp3) is 0.706. The molecular formula is C17H25N3O4. The minimum absolute atomic E-state index is 0.0195. The van der Waals surface area contributed by atoms with Crippen molar-refractivity contribution in [3.05, 3.63) is 17.5 Å². The highest BCUT2D eigenvalue weighted by Crippen LogP contribution is 2.23. The summed E-state index contributed by atoms with van der Waals surface area (Å²) in [5.74, 6) is 0.459. The van der Waals surface area contributed by atoms with Crippen molar-refractivity contribution in [3.63, 3.8) is 0 Å². The summed E-state index contributed by atoms with van der Waals surface area (Å²) < 4.78 is 10.5. The molecule has 2 amide bonds. The molecule has 2 aliphatic rings. The van der Waals surface area contributed by atoms with Gasteiger partial charge in [0.15, 0.2) is 0 Å². The maximum absolute atomic E-state index is 12.7. The van der Waals surface area contributed by atoms with Gasteiger partial charge >= 0.3 is 0 Å². The summed E-state index contributed by atoms with van der Waals surface area (Å²) in [7, 11) is 0. The summed E-state index contributed by atoms with van der Waals surface area (Å²) in [6.07, 6.45) is 2.31. The summed E-state index contributed by atoms with van der Waals surface area (Å²) in [4.78, 5) is 28.9. The van der Waals surface area contributed by atoms with Crippen LogP contribution in [0.15, 0.2) is 10.6 Å². The zero-order chi connectivity index (χ0) is 17.1. The number of hydrogen-bond acceptors (Lipinski definition) is 5. The standard InChI is InChI=1S/C17H25N3O4/c1-12(2)10-13-11-15(24-18-13)17(22)20-5-3-4-14(20)16(21)19-6-8-23-9-7-19/h11-12,14H,3-10H2,1-2H3/t14-/m0/s1. The first-order valence-electron chi connectivity index (χ1n) is 8.69. The highest BCUT2D eigenvalue weighted by Gasteiger charge is 2.38. The number of rotatable bonds is 4. The monoisotopic (exact) mass is 335 g/mol. The largest absolute Gasteiger partial charge is 0.378 e. The molecule has 2 fully saturated rings. The van der Waals surface area contributed by atoms with Crippen molar-refractivity contribution in [1.29, 1.82) is 0 Å². The van der Waals surface area contributed by atoms with E-state index in [1.807, 2.05) is 0 Å². The average molecular weight is 335 g/mol. The van der Waals surface area contributed by atoms with Gasteiger partial charge < -0.3 is 19.1 Å². The molecule has 0 N–H and O–H groups in total. The van der Waals surface area contributed by atoms with E-state index in [1.54, 1.807) is 15.9 Å². The second-order valence-corrected chi connectivity index (χ2v) is 6.87. The molecule has 2 aliphatic heterocycles. The van der Waals surface area contributed by atoms with Crippen LogP contribution in [0.5, 0.6) is 0 Å². The molecule has 0 spiro atoms. The Morgan fingerprint density at radius 2 is 2.04 bits per heavy atom. The Labute approximate surface area is 141 Å². The maximum Gasteiger partial charge on any atom is 0.293 e. The number of carbonyl (C=O) groups is 2. The van der Waals surface area contributed by atoms with Crippen LogP contribution in [0.2, 0.25) is 0 Å². The predicted molar refractivity (Wildman–Crippen MR) is 86.5 cm³/mol. The lowest BCUT2D eigenvalue weighted by molar-refractivity contribution is -0.139. The van der Waals surface area contributed by atoms with E-state index in [1.165, 1.54) is 0 Å². The van der Waals surface area contributed by atoms with E-state index in [4.69, 9.17) is 9.26 Å². The summed E-state index contributed by atoms with van der Waals surface area (Å²) in [6, 6.07) is 1.31. The number of hydrogen-bond donors (Lipinski definition) is 0. The highest BCUT2D eigenvalue weighted by molar-refractivity contribution is 5.96. The first-order chi connectivity index (χ1) is 11.6. The van der Waals surface area contributed by atoms with Crippen LogP contribution in [-0.4, -0.2) is 65.7 Å². The van der Waals surface area contributed by atoms with E-state index in [2.05, 4.69) is 19.0 Å². The van der Waals surface area contributed by atoms with Crippen LogP contribution in [0.25, 0.3) is 0 Å². The van der Waals surface area contributed by atoms with Crippen LogP contribution in [0.1, 0.15) is 42.9 Å². The Morgan fingerprint density at radius 3 is 2.75 bits per heavy atom. The summed E-state index contributed by atoms with van der Waals surface area (Å²) in [5.41, 5.74) is 0.781. The van der Waals surface area contributed by atoms with Crippen molar-refractivity contribution in [2.24, 2.45) is 5.92 Å². The van der Waals surface area contributed by atoms with Gasteiger partial charge in [-0.2, -0.15) is 0 Å². The fourth-order valence-electron chi connectivity index (χ4n) is 3.33. The van der Waals surface area contributed by atoms with E-state index < -0.39 is 6.04 Å². The van der Waals surface area contributed by atoms with Crippen molar-refractivity contribution in [2.45, 2.75) is 39.2 Å². The maximum atomic E-state index is 12.7. The van der Waals surface area contributed by atoms with Crippen LogP contribution < -0.4 is 0 Å². The first kappa shape index (κ1) is 17.0. The number of likely N-dealkylation sites (tertiary alicyclic amines) is 1. The van der Waals surface area contributed by atoms with Crippen molar-refractivity contribution in [1.82, 2.24) is 15.0 Å². The molecule has 0 unspecified atom stereocenters. The van der Waals surface area contributed by atoms with E-state index >= 15 is 0 Å². The summed E-state index contributed by atoms with van der Waals surface area (Å²) in [6.45, 7) is 7.08. The molecule has 0 saturated carbocycles. The van der Waals surface area contributed by atoms with Crippen molar-refractivity contribution in [3.8, 4) is 0 Å². The summed E-state index contributed by atoms with van der Waals surface area (Å²) in [5, 5.41) is 3.97. The molecule has 0 bridgehead atoms. The van der Waals surface area contributed by atoms with Crippen LogP contribution >= 0.6 is 0 Å². The van der Waals surface area contributed by atoms with Crippen molar-refractivity contribution < 1.29 is 18.8 Å². The van der Waals surface area contributed by atoms with Gasteiger partial charge in [0.2, 0.25) is 11.7 Å². The lowest BCUT2D eigenvalue weighted by Crippen LogP contribution is -2.51. The van der Waals surface area contributed by atoms with Crippen molar-refractivity contribution >= 4 is 11.8 Å². The van der Waals surface area contributed by atoms with Crippen LogP contribution in [-0.2, 0) is 16.0 Å². The molecular weight excluding hydrogens is 310 g/mol. The molecule has 0 aliphatic carbocycles. The van der Waals surface area contributed by atoms with Gasteiger partial charge in [-0.3, -0.25) is 9.59 Å². The molecule has 7 nitrogen and oxygen atoms in total. The van der Waals surface area contributed by atoms with Gasteiger partial charge in [-0.05, 0) is 25.2 Å². The van der Waals surface area contributed by atoms with Gasteiger partial charge in [0.1, 0.15) is 6.04 Å². The Balaban J connectivity index is 1.69. The number of nitrogens with zero attached hydrogens (tertiary/aromatic N) is 3. The van der Waals surface area contributed by atoms with Gasteiger partial charge in [0.05, 0.1) is 18.9 Å². The molecule has 0 aromatic carbocycles. The van der Waals surface area contributed by atoms with E-state index in [-0.39, 0.29) is 17.6 Å². The number of ether oxygens (including phenoxy) is 1. The third-order valence-corrected chi connectivity index (χ3v) is 4.51. The minimum Gasteiger partial charge on any atom is -0.378 e. The van der Waals surface area contributed by atoms with Crippen LogP contribution in [0.4, 0.5) is 0 Å². The SMILES string of the molecule is CC(C)Cc1cc(C(=O)N2CCC[C@H]2C(=O)N2CCOCC2)on1. The van der Waals surface area contributed by atoms with Crippen LogP contribution in [0, 0.1) is 5.92 Å². The molecule has 132 valence electrons. The Hall–Kier alpha value is -1.89. The van der Waals surface area contributed by atoms with Gasteiger partial charge in [0, 0.05) is 25.7 Å². The van der Waals surface area contributed by atoms with E-state index in [0.717, 1.165) is 18.5 Å². The van der Waals surface area contributed by atoms with Gasteiger partial charge in [-0.15, -0.1) is 0 Å². The molecule has 24 heavy (non-hydrogen) atoms. The normalized spacial score (nSPS) is 21.5. The Bertz CT molecular complexity index is 592. The Kier molecular flexibility index (Phi) is 5.18. The Morgan fingerprint density at radius 1 is 1.29 bits per heavy atom. The van der Waals surface area contributed by atoms with Crippen molar-refractivity contribution in [2.75, 3.05) is 32.8 Å². The smallest absolute Gasteiger partial charge is 0.293 e. The number of aromatic nitrogens is 1. The topological polar surface area (TPSA) is 75.9 Å². The minimum atomic E-state index is -0.394. The highest BCUT2D eigenvalue weighted by atomic mass is 16.5. The van der Waals surface area contributed by atoms with Crippen LogP contribution in [0.3, 0.4) is 0 Å². The molecule has 0 radical (unpaired) electrons. The average Bonchev–Trinajstić information content (AvgIpc) is 3.23. The lowest BCUT2D eigenvalue weighted by Gasteiger charge is -2.32. The molecule has 1 atom stereocenters. The summed E-state index contributed by atoms with van der Waals surface area (Å²) >= 11 is 0. The second kappa shape index (κ2) is 7.34. The molecule has 3 heterocycles. The fourth-order valence-corrected chi connectivity index (χ4v) is 3.33. The third-order valence-electron chi connectivity index (χ3n) is 4.51. The number of morpholine rings is 1.